The van der Waals surface area contributed by atoms with E-state index in [0.29, 0.717) is 11.3 Å². The topological polar surface area (TPSA) is 64.3 Å². The molecule has 1 rings (SSSR count). The molecule has 0 amide bonds. The lowest BCUT2D eigenvalue weighted by atomic mass is 10.1. The lowest BCUT2D eigenvalue weighted by Crippen LogP contribution is -2.09. The molecule has 3 N–H and O–H groups in total. The van der Waals surface area contributed by atoms with Crippen molar-refractivity contribution < 1.29 is 9.53 Å². The number of nitrogens with one attached hydrogen (secondary N) is 1. The van der Waals surface area contributed by atoms with Gasteiger partial charge in [-0.3, -0.25) is 0 Å². The van der Waals surface area contributed by atoms with Crippen LogP contribution in [-0.2, 0) is 4.74 Å². The van der Waals surface area contributed by atoms with Crippen LogP contribution in [0.2, 0.25) is 0 Å². The first-order valence-corrected chi connectivity index (χ1v) is 7.82. The van der Waals surface area contributed by atoms with E-state index < -0.39 is 0 Å². The van der Waals surface area contributed by atoms with E-state index >= 15 is 0 Å². The van der Waals surface area contributed by atoms with Crippen molar-refractivity contribution in [2.45, 2.75) is 52.4 Å². The summed E-state index contributed by atoms with van der Waals surface area (Å²) in [6.07, 6.45) is 7.60. The zero-order valence-electron chi connectivity index (χ0n) is 13.5. The molecular weight excluding hydrogens is 264 g/mol. The smallest absolute Gasteiger partial charge is 0.340 e. The average Bonchev–Trinajstić information content (AvgIpc) is 2.48. The van der Waals surface area contributed by atoms with Crippen LogP contribution >= 0.6 is 0 Å². The van der Waals surface area contributed by atoms with E-state index in [1.807, 2.05) is 13.0 Å². The summed E-state index contributed by atoms with van der Waals surface area (Å²) >= 11 is 0. The second-order valence-electron chi connectivity index (χ2n) is 5.44. The maximum Gasteiger partial charge on any atom is 0.340 e. The van der Waals surface area contributed by atoms with Crippen molar-refractivity contribution in [1.29, 1.82) is 0 Å². The van der Waals surface area contributed by atoms with Crippen LogP contribution in [0.3, 0.4) is 0 Å². The highest BCUT2D eigenvalue weighted by atomic mass is 16.5. The van der Waals surface area contributed by atoms with E-state index in [9.17, 15) is 4.79 Å². The van der Waals surface area contributed by atoms with Gasteiger partial charge in [-0.2, -0.15) is 0 Å². The van der Waals surface area contributed by atoms with Crippen LogP contribution in [0.4, 0.5) is 11.4 Å². The van der Waals surface area contributed by atoms with Crippen LogP contribution in [-0.4, -0.2) is 19.6 Å². The van der Waals surface area contributed by atoms with Crippen molar-refractivity contribution in [2.24, 2.45) is 0 Å². The van der Waals surface area contributed by atoms with Gasteiger partial charge in [0.25, 0.3) is 0 Å². The van der Waals surface area contributed by atoms with Crippen LogP contribution in [0, 0.1) is 6.92 Å². The zero-order chi connectivity index (χ0) is 15.7. The Labute approximate surface area is 128 Å². The molecule has 0 bridgehead atoms. The van der Waals surface area contributed by atoms with Gasteiger partial charge in [0.15, 0.2) is 0 Å². The molecule has 0 spiro atoms. The van der Waals surface area contributed by atoms with E-state index in [-0.39, 0.29) is 5.97 Å². The SMILES string of the molecule is CCCCCCCCNc1cc(C)c(N)c(C(=O)OC)c1. The van der Waals surface area contributed by atoms with Crippen molar-refractivity contribution in [3.63, 3.8) is 0 Å². The molecule has 0 unspecified atom stereocenters. The number of methoxy groups -OCH3 is 1. The van der Waals surface area contributed by atoms with Gasteiger partial charge in [-0.25, -0.2) is 4.79 Å². The number of hydrogen-bond donors (Lipinski definition) is 2. The normalized spacial score (nSPS) is 10.4. The Morgan fingerprint density at radius 1 is 1.19 bits per heavy atom. The summed E-state index contributed by atoms with van der Waals surface area (Å²) in [5.74, 6) is -0.390. The molecule has 0 heterocycles. The van der Waals surface area contributed by atoms with Gasteiger partial charge in [0.2, 0.25) is 0 Å². The number of esters is 1. The van der Waals surface area contributed by atoms with Gasteiger partial charge in [0, 0.05) is 17.9 Å². The zero-order valence-corrected chi connectivity index (χ0v) is 13.5. The molecule has 118 valence electrons. The molecule has 0 saturated heterocycles. The Hall–Kier alpha value is -1.71. The predicted octanol–water partition coefficient (Wildman–Crippen LogP) is 4.14. The maximum absolute atomic E-state index is 11.7. The summed E-state index contributed by atoms with van der Waals surface area (Å²) < 4.78 is 4.76. The molecule has 0 aromatic heterocycles. The molecule has 4 heteroatoms. The van der Waals surface area contributed by atoms with Crippen molar-refractivity contribution in [2.75, 3.05) is 24.7 Å². The Bertz CT molecular complexity index is 458. The number of hydrogen-bond acceptors (Lipinski definition) is 4. The highest BCUT2D eigenvalue weighted by Gasteiger charge is 2.13. The number of carbonyl (C=O) groups is 1. The van der Waals surface area contributed by atoms with Crippen molar-refractivity contribution >= 4 is 17.3 Å². The number of aryl methyl sites for hydroxylation is 1. The van der Waals surface area contributed by atoms with Crippen LogP contribution in [0.15, 0.2) is 12.1 Å². The van der Waals surface area contributed by atoms with Gasteiger partial charge < -0.3 is 15.8 Å². The molecular formula is C17H28N2O2. The summed E-state index contributed by atoms with van der Waals surface area (Å²) in [7, 11) is 1.37. The third-order valence-corrected chi connectivity index (χ3v) is 3.65. The fraction of sp³-hybridized carbons (Fsp3) is 0.588. The summed E-state index contributed by atoms with van der Waals surface area (Å²) in [5.41, 5.74) is 8.67. The van der Waals surface area contributed by atoms with E-state index in [2.05, 4.69) is 12.2 Å². The van der Waals surface area contributed by atoms with E-state index in [1.54, 1.807) is 6.07 Å². The molecule has 0 aliphatic carbocycles. The Balaban J connectivity index is 2.48. The summed E-state index contributed by atoms with van der Waals surface area (Å²) in [6.45, 7) is 5.04. The van der Waals surface area contributed by atoms with Crippen LogP contribution in [0.1, 0.15) is 61.4 Å². The van der Waals surface area contributed by atoms with Gasteiger partial charge >= 0.3 is 5.97 Å². The van der Waals surface area contributed by atoms with Crippen LogP contribution in [0.5, 0.6) is 0 Å². The largest absolute Gasteiger partial charge is 0.465 e. The average molecular weight is 292 g/mol. The van der Waals surface area contributed by atoms with Gasteiger partial charge in [-0.05, 0) is 31.0 Å². The minimum Gasteiger partial charge on any atom is -0.465 e. The number of carbonyl (C=O) groups excluding carboxylic acids is 1. The Morgan fingerprint density at radius 3 is 2.52 bits per heavy atom. The highest BCUT2D eigenvalue weighted by Crippen LogP contribution is 2.23. The lowest BCUT2D eigenvalue weighted by molar-refractivity contribution is 0.0602. The van der Waals surface area contributed by atoms with E-state index in [1.165, 1.54) is 39.2 Å². The third-order valence-electron chi connectivity index (χ3n) is 3.65. The molecule has 21 heavy (non-hydrogen) atoms. The van der Waals surface area contributed by atoms with Gasteiger partial charge in [0.05, 0.1) is 12.7 Å². The molecule has 0 fully saturated rings. The molecule has 0 aliphatic rings. The van der Waals surface area contributed by atoms with Crippen LogP contribution in [0.25, 0.3) is 0 Å². The molecule has 0 aliphatic heterocycles. The van der Waals surface area contributed by atoms with Crippen molar-refractivity contribution in [3.05, 3.63) is 23.3 Å². The summed E-state index contributed by atoms with van der Waals surface area (Å²) in [4.78, 5) is 11.7. The molecule has 0 radical (unpaired) electrons. The first kappa shape index (κ1) is 17.3. The Kier molecular flexibility index (Phi) is 7.65. The number of ether oxygens (including phenoxy) is 1. The minimum atomic E-state index is -0.390. The predicted molar refractivity (Wildman–Crippen MR) is 88.8 cm³/mol. The number of anilines is 2. The first-order valence-electron chi connectivity index (χ1n) is 7.82. The van der Waals surface area contributed by atoms with Gasteiger partial charge in [-0.1, -0.05) is 39.0 Å². The lowest BCUT2D eigenvalue weighted by Gasteiger charge is -2.12. The number of benzene rings is 1. The molecule has 1 aromatic carbocycles. The van der Waals surface area contributed by atoms with Gasteiger partial charge in [-0.15, -0.1) is 0 Å². The summed E-state index contributed by atoms with van der Waals surface area (Å²) in [5, 5.41) is 3.36. The first-order chi connectivity index (χ1) is 10.1. The van der Waals surface area contributed by atoms with Crippen molar-refractivity contribution in [3.8, 4) is 0 Å². The quantitative estimate of drug-likeness (QED) is 0.408. The number of rotatable bonds is 9. The van der Waals surface area contributed by atoms with Gasteiger partial charge in [0.1, 0.15) is 0 Å². The van der Waals surface area contributed by atoms with E-state index in [4.69, 9.17) is 10.5 Å². The minimum absolute atomic E-state index is 0.390. The molecule has 4 nitrogen and oxygen atoms in total. The third kappa shape index (κ3) is 5.66. The fourth-order valence-electron chi connectivity index (χ4n) is 2.32. The number of unbranched alkanes of at least 4 members (excludes halogenated alkanes) is 5. The van der Waals surface area contributed by atoms with Crippen LogP contribution < -0.4 is 11.1 Å². The second-order valence-corrected chi connectivity index (χ2v) is 5.44. The number of nitrogens with two attached hydrogens (primary N) is 1. The number of nitrogen functional groups attached to an aromatic ring is 1. The second kappa shape index (κ2) is 9.27. The highest BCUT2D eigenvalue weighted by molar-refractivity contribution is 5.97. The maximum atomic E-state index is 11.7. The fourth-order valence-corrected chi connectivity index (χ4v) is 2.32. The molecule has 1 aromatic rings. The standard InChI is InChI=1S/C17H28N2O2/c1-4-5-6-7-8-9-10-19-14-11-13(2)16(18)15(12-14)17(20)21-3/h11-12,19H,4-10,18H2,1-3H3. The monoisotopic (exact) mass is 292 g/mol. The van der Waals surface area contributed by atoms with Crippen molar-refractivity contribution in [1.82, 2.24) is 0 Å². The molecule has 0 saturated carbocycles. The Morgan fingerprint density at radius 2 is 1.86 bits per heavy atom. The van der Waals surface area contributed by atoms with E-state index in [0.717, 1.165) is 24.2 Å². The summed E-state index contributed by atoms with van der Waals surface area (Å²) in [6, 6.07) is 3.74. The molecule has 0 atom stereocenters.